The van der Waals surface area contributed by atoms with Gasteiger partial charge in [-0.25, -0.2) is 4.79 Å². The van der Waals surface area contributed by atoms with E-state index in [2.05, 4.69) is 5.32 Å². The Balaban J connectivity index is 2.20. The summed E-state index contributed by atoms with van der Waals surface area (Å²) in [5, 5.41) is 2.20. The molecule has 1 aliphatic heterocycles. The average Bonchev–Trinajstić information content (AvgIpc) is 2.43. The number of methoxy groups -OCH3 is 1. The van der Waals surface area contributed by atoms with Crippen LogP contribution in [0.15, 0.2) is 24.3 Å². The third-order valence-electron chi connectivity index (χ3n) is 3.31. The number of rotatable bonds is 3. The SMILES string of the molecule is COc1ccc(CN2C(=O)NC(=O)C(C)(C)C2=O)cc1. The number of imide groups is 2. The lowest BCUT2D eigenvalue weighted by Gasteiger charge is -2.34. The fraction of sp³-hybridized carbons (Fsp3) is 0.357. The summed E-state index contributed by atoms with van der Waals surface area (Å²) in [6.07, 6.45) is 0. The summed E-state index contributed by atoms with van der Waals surface area (Å²) in [5.74, 6) is -0.376. The van der Waals surface area contributed by atoms with Gasteiger partial charge in [-0.2, -0.15) is 0 Å². The maximum atomic E-state index is 12.2. The van der Waals surface area contributed by atoms with E-state index in [4.69, 9.17) is 4.74 Å². The maximum Gasteiger partial charge on any atom is 0.331 e. The number of barbiturate groups is 1. The molecule has 0 saturated carbocycles. The van der Waals surface area contributed by atoms with Crippen molar-refractivity contribution in [2.75, 3.05) is 7.11 Å². The summed E-state index contributed by atoms with van der Waals surface area (Å²) in [6, 6.07) is 6.34. The van der Waals surface area contributed by atoms with Crippen molar-refractivity contribution in [2.24, 2.45) is 5.41 Å². The second-order valence-corrected chi connectivity index (χ2v) is 5.12. The second-order valence-electron chi connectivity index (χ2n) is 5.12. The molecule has 106 valence electrons. The van der Waals surface area contributed by atoms with Crippen LogP contribution in [0.2, 0.25) is 0 Å². The first-order valence-electron chi connectivity index (χ1n) is 6.16. The van der Waals surface area contributed by atoms with E-state index in [9.17, 15) is 14.4 Å². The number of carbonyl (C=O) groups excluding carboxylic acids is 3. The first-order valence-corrected chi connectivity index (χ1v) is 6.16. The number of hydrogen-bond acceptors (Lipinski definition) is 4. The van der Waals surface area contributed by atoms with Crippen LogP contribution in [0.3, 0.4) is 0 Å². The highest BCUT2D eigenvalue weighted by atomic mass is 16.5. The lowest BCUT2D eigenvalue weighted by molar-refractivity contribution is -0.149. The summed E-state index contributed by atoms with van der Waals surface area (Å²) >= 11 is 0. The average molecular weight is 276 g/mol. The molecule has 1 fully saturated rings. The van der Waals surface area contributed by atoms with Crippen LogP contribution in [0.1, 0.15) is 19.4 Å². The number of urea groups is 1. The highest BCUT2D eigenvalue weighted by Gasteiger charge is 2.46. The van der Waals surface area contributed by atoms with E-state index in [0.29, 0.717) is 5.75 Å². The van der Waals surface area contributed by atoms with Crippen molar-refractivity contribution in [3.63, 3.8) is 0 Å². The van der Waals surface area contributed by atoms with Crippen LogP contribution in [0, 0.1) is 5.41 Å². The minimum atomic E-state index is -1.24. The van der Waals surface area contributed by atoms with Gasteiger partial charge in [0, 0.05) is 0 Å². The Kier molecular flexibility index (Phi) is 3.48. The lowest BCUT2D eigenvalue weighted by Crippen LogP contribution is -2.61. The number of hydrogen-bond donors (Lipinski definition) is 1. The Morgan fingerprint density at radius 3 is 2.30 bits per heavy atom. The van der Waals surface area contributed by atoms with Gasteiger partial charge < -0.3 is 4.74 Å². The van der Waals surface area contributed by atoms with Crippen molar-refractivity contribution in [3.05, 3.63) is 29.8 Å². The van der Waals surface area contributed by atoms with Crippen molar-refractivity contribution < 1.29 is 19.1 Å². The van der Waals surface area contributed by atoms with Gasteiger partial charge in [0.05, 0.1) is 13.7 Å². The molecule has 1 N–H and O–H groups in total. The van der Waals surface area contributed by atoms with Crippen LogP contribution in [0.25, 0.3) is 0 Å². The van der Waals surface area contributed by atoms with Gasteiger partial charge in [0.15, 0.2) is 0 Å². The summed E-state index contributed by atoms with van der Waals surface area (Å²) in [5.41, 5.74) is -0.458. The Morgan fingerprint density at radius 1 is 1.15 bits per heavy atom. The molecule has 1 aliphatic rings. The lowest BCUT2D eigenvalue weighted by atomic mass is 9.88. The number of amides is 4. The fourth-order valence-corrected chi connectivity index (χ4v) is 1.90. The Morgan fingerprint density at radius 2 is 1.75 bits per heavy atom. The van der Waals surface area contributed by atoms with E-state index in [1.807, 2.05) is 0 Å². The van der Waals surface area contributed by atoms with Crippen LogP contribution in [-0.2, 0) is 16.1 Å². The van der Waals surface area contributed by atoms with Gasteiger partial charge in [-0.3, -0.25) is 19.8 Å². The van der Waals surface area contributed by atoms with Gasteiger partial charge in [0.25, 0.3) is 0 Å². The third kappa shape index (κ3) is 2.36. The minimum Gasteiger partial charge on any atom is -0.497 e. The van der Waals surface area contributed by atoms with Gasteiger partial charge in [-0.15, -0.1) is 0 Å². The topological polar surface area (TPSA) is 75.7 Å². The highest BCUT2D eigenvalue weighted by Crippen LogP contribution is 2.25. The number of carbonyl (C=O) groups is 3. The smallest absolute Gasteiger partial charge is 0.331 e. The molecule has 1 heterocycles. The van der Waals surface area contributed by atoms with Crippen LogP contribution in [0.5, 0.6) is 5.75 Å². The molecule has 2 rings (SSSR count). The molecule has 6 nitrogen and oxygen atoms in total. The van der Waals surface area contributed by atoms with E-state index < -0.39 is 23.3 Å². The summed E-state index contributed by atoms with van der Waals surface area (Å²) in [4.78, 5) is 36.7. The Hall–Kier alpha value is -2.37. The molecule has 6 heteroatoms. The molecule has 0 aromatic heterocycles. The van der Waals surface area contributed by atoms with Gasteiger partial charge in [-0.1, -0.05) is 12.1 Å². The number of benzene rings is 1. The molecule has 0 radical (unpaired) electrons. The summed E-state index contributed by atoms with van der Waals surface area (Å²) < 4.78 is 5.04. The highest BCUT2D eigenvalue weighted by molar-refractivity contribution is 6.18. The first-order chi connectivity index (χ1) is 9.36. The molecule has 1 aromatic rings. The van der Waals surface area contributed by atoms with Crippen molar-refractivity contribution in [1.82, 2.24) is 10.2 Å². The molecule has 20 heavy (non-hydrogen) atoms. The maximum absolute atomic E-state index is 12.2. The zero-order valence-electron chi connectivity index (χ0n) is 11.6. The zero-order valence-corrected chi connectivity index (χ0v) is 11.6. The zero-order chi connectivity index (χ0) is 14.9. The van der Waals surface area contributed by atoms with Crippen molar-refractivity contribution >= 4 is 17.8 Å². The van der Waals surface area contributed by atoms with Crippen LogP contribution in [-0.4, -0.2) is 29.9 Å². The third-order valence-corrected chi connectivity index (χ3v) is 3.31. The standard InChI is InChI=1S/C14H16N2O4/c1-14(2)11(17)15-13(19)16(12(14)18)8-9-4-6-10(20-3)7-5-9/h4-7H,8H2,1-3H3,(H,15,17,19). The fourth-order valence-electron chi connectivity index (χ4n) is 1.90. The number of ether oxygens (including phenoxy) is 1. The molecule has 0 bridgehead atoms. The van der Waals surface area contributed by atoms with E-state index in [-0.39, 0.29) is 6.54 Å². The Labute approximate surface area is 116 Å². The van der Waals surface area contributed by atoms with Crippen molar-refractivity contribution in [3.8, 4) is 5.75 Å². The largest absolute Gasteiger partial charge is 0.497 e. The van der Waals surface area contributed by atoms with E-state index in [1.54, 1.807) is 31.4 Å². The normalized spacial score (nSPS) is 17.9. The van der Waals surface area contributed by atoms with Crippen LogP contribution < -0.4 is 10.1 Å². The molecular weight excluding hydrogens is 260 g/mol. The predicted octanol–water partition coefficient (Wildman–Crippen LogP) is 1.30. The summed E-state index contributed by atoms with van der Waals surface area (Å²) in [6.45, 7) is 3.11. The van der Waals surface area contributed by atoms with Crippen LogP contribution in [0.4, 0.5) is 4.79 Å². The van der Waals surface area contributed by atoms with E-state index in [0.717, 1.165) is 10.5 Å². The van der Waals surface area contributed by atoms with Gasteiger partial charge in [0.2, 0.25) is 11.8 Å². The number of nitrogens with zero attached hydrogens (tertiary/aromatic N) is 1. The molecule has 1 aromatic carbocycles. The van der Waals surface area contributed by atoms with Gasteiger partial charge in [0.1, 0.15) is 11.2 Å². The first kappa shape index (κ1) is 14.0. The van der Waals surface area contributed by atoms with E-state index >= 15 is 0 Å². The molecule has 0 spiro atoms. The molecule has 4 amide bonds. The molecule has 0 unspecified atom stereocenters. The molecule has 0 atom stereocenters. The molecule has 0 aliphatic carbocycles. The molecular formula is C14H16N2O4. The Bertz CT molecular complexity index is 563. The number of nitrogens with one attached hydrogen (secondary N) is 1. The van der Waals surface area contributed by atoms with Crippen LogP contribution >= 0.6 is 0 Å². The van der Waals surface area contributed by atoms with Gasteiger partial charge in [-0.05, 0) is 31.5 Å². The predicted molar refractivity (Wildman–Crippen MR) is 70.9 cm³/mol. The quantitative estimate of drug-likeness (QED) is 0.844. The van der Waals surface area contributed by atoms with E-state index in [1.165, 1.54) is 13.8 Å². The minimum absolute atomic E-state index is 0.116. The monoisotopic (exact) mass is 276 g/mol. The molecule has 1 saturated heterocycles. The second kappa shape index (κ2) is 4.96. The van der Waals surface area contributed by atoms with Gasteiger partial charge >= 0.3 is 6.03 Å². The van der Waals surface area contributed by atoms with Crippen molar-refractivity contribution in [2.45, 2.75) is 20.4 Å². The van der Waals surface area contributed by atoms with Crippen molar-refractivity contribution in [1.29, 1.82) is 0 Å². The summed E-state index contributed by atoms with van der Waals surface area (Å²) in [7, 11) is 1.56.